The van der Waals surface area contributed by atoms with Crippen molar-refractivity contribution < 1.29 is 6.85 Å². The summed E-state index contributed by atoms with van der Waals surface area (Å²) >= 11 is 0. The quantitative estimate of drug-likeness (QED) is 0.142. The fourth-order valence-electron chi connectivity index (χ4n) is 15.3. The van der Waals surface area contributed by atoms with Crippen LogP contribution in [-0.4, -0.2) is 15.8 Å². The van der Waals surface area contributed by atoms with Gasteiger partial charge in [0, 0.05) is 61.4 Å². The van der Waals surface area contributed by atoms with Gasteiger partial charge < -0.3 is 18.9 Å². The zero-order chi connectivity index (χ0) is 70.6. The standard InChI is InChI=1S/C91H74BN5/c1-89(2,3)66-39-45-79-74(51-66)75-52-67(90(4,5)6)40-46-80(75)94(79)70-42-44-77-84(56-70)97(82-55-69(41-37-63(82)57-93)95-78-35-23-22-33-73(78)87-72(34-24-36-81(87)95)61-31-20-13-21-32-61)86-54-68(91(7,8)9)53-85-88(86)92(77)76-43-38-62(58-25-14-10-15-26-58)50-83(76)96(85)71-48-64(59-27-16-11-17-28-59)47-65(49-71)60-29-18-12-19-30-60/h10-56H,1-9H3/i10D,14D,15D,25D,26D. The van der Waals surface area contributed by atoms with Crippen LogP contribution in [-0.2, 0) is 16.2 Å². The van der Waals surface area contributed by atoms with Crippen molar-refractivity contribution in [1.29, 1.82) is 5.26 Å². The van der Waals surface area contributed by atoms with Crippen molar-refractivity contribution in [3.8, 4) is 62.0 Å². The predicted molar refractivity (Wildman–Crippen MR) is 412 cm³/mol. The maximum Gasteiger partial charge on any atom is 0.252 e. The van der Waals surface area contributed by atoms with Crippen molar-refractivity contribution in [2.45, 2.75) is 78.6 Å². The lowest BCUT2D eigenvalue weighted by atomic mass is 9.33. The molecule has 2 aliphatic heterocycles. The molecule has 0 spiro atoms. The number of hydrogen-bond donors (Lipinski definition) is 0. The molecule has 0 bridgehead atoms. The van der Waals surface area contributed by atoms with Gasteiger partial charge in [-0.05, 0) is 197 Å². The third-order valence-electron chi connectivity index (χ3n) is 20.2. The van der Waals surface area contributed by atoms with Crippen molar-refractivity contribution in [1.82, 2.24) is 9.13 Å². The Bertz CT molecular complexity index is 5890. The zero-order valence-corrected chi connectivity index (χ0v) is 56.1. The van der Waals surface area contributed by atoms with Gasteiger partial charge in [-0.15, -0.1) is 0 Å². The van der Waals surface area contributed by atoms with Gasteiger partial charge >= 0.3 is 0 Å². The van der Waals surface area contributed by atoms with Crippen LogP contribution in [0.25, 0.3) is 99.5 Å². The summed E-state index contributed by atoms with van der Waals surface area (Å²) in [5.41, 5.74) is 24.5. The highest BCUT2D eigenvalue weighted by atomic mass is 15.2. The second-order valence-corrected chi connectivity index (χ2v) is 29.3. The normalized spacial score (nSPS) is 13.6. The third kappa shape index (κ3) is 9.81. The van der Waals surface area contributed by atoms with E-state index in [1.807, 2.05) is 24.3 Å². The molecule has 13 aromatic carbocycles. The smallest absolute Gasteiger partial charge is 0.252 e. The van der Waals surface area contributed by atoms with E-state index < -0.39 is 30.3 Å². The van der Waals surface area contributed by atoms with Gasteiger partial charge in [-0.1, -0.05) is 244 Å². The highest BCUT2D eigenvalue weighted by Gasteiger charge is 2.45. The topological polar surface area (TPSA) is 40.1 Å². The van der Waals surface area contributed by atoms with Gasteiger partial charge in [0.25, 0.3) is 6.71 Å². The average molecular weight is 1250 g/mol. The number of fused-ring (bicyclic) bond motifs is 10. The Balaban J connectivity index is 1.00. The van der Waals surface area contributed by atoms with E-state index in [0.717, 1.165) is 128 Å². The van der Waals surface area contributed by atoms with Crippen molar-refractivity contribution >= 4 is 101 Å². The van der Waals surface area contributed by atoms with Crippen LogP contribution in [0.4, 0.5) is 34.1 Å². The van der Waals surface area contributed by atoms with Crippen LogP contribution < -0.4 is 26.2 Å². The molecule has 0 saturated heterocycles. The summed E-state index contributed by atoms with van der Waals surface area (Å²) in [5, 5.41) is 16.5. The van der Waals surface area contributed by atoms with Gasteiger partial charge in [0.15, 0.2) is 0 Å². The molecule has 0 fully saturated rings. The molecule has 4 heterocycles. The number of aromatic nitrogens is 2. The first-order chi connectivity index (χ1) is 49.0. The molecule has 97 heavy (non-hydrogen) atoms. The molecule has 0 atom stereocenters. The van der Waals surface area contributed by atoms with E-state index in [2.05, 4.69) is 318 Å². The first-order valence-electron chi connectivity index (χ1n) is 36.2. The van der Waals surface area contributed by atoms with Crippen LogP contribution in [0, 0.1) is 11.3 Å². The summed E-state index contributed by atoms with van der Waals surface area (Å²) in [4.78, 5) is 4.74. The summed E-state index contributed by atoms with van der Waals surface area (Å²) < 4.78 is 50.3. The average Bonchev–Trinajstić information content (AvgIpc) is 0.836. The largest absolute Gasteiger partial charge is 0.311 e. The Morgan fingerprint density at radius 3 is 1.44 bits per heavy atom. The molecule has 17 rings (SSSR count). The van der Waals surface area contributed by atoms with Crippen LogP contribution in [0.15, 0.2) is 285 Å². The Morgan fingerprint density at radius 2 is 0.845 bits per heavy atom. The Kier molecular flexibility index (Phi) is 12.4. The Morgan fingerprint density at radius 1 is 0.340 bits per heavy atom. The molecule has 0 amide bonds. The number of rotatable bonds is 8. The van der Waals surface area contributed by atoms with Crippen LogP contribution in [0.1, 0.15) is 91.4 Å². The van der Waals surface area contributed by atoms with Crippen LogP contribution in [0.5, 0.6) is 0 Å². The molecule has 0 N–H and O–H groups in total. The fraction of sp³-hybridized carbons (Fsp3) is 0.132. The maximum absolute atomic E-state index is 11.9. The number of hydrogen-bond acceptors (Lipinski definition) is 3. The van der Waals surface area contributed by atoms with E-state index in [4.69, 9.17) is 4.11 Å². The lowest BCUT2D eigenvalue weighted by Crippen LogP contribution is -2.61. The van der Waals surface area contributed by atoms with Crippen molar-refractivity contribution in [3.05, 3.63) is 307 Å². The van der Waals surface area contributed by atoms with E-state index in [1.54, 1.807) is 0 Å². The van der Waals surface area contributed by atoms with Crippen LogP contribution in [0.2, 0.25) is 0 Å². The summed E-state index contributed by atoms with van der Waals surface area (Å²) in [6.45, 7) is 20.0. The van der Waals surface area contributed by atoms with Crippen molar-refractivity contribution in [2.24, 2.45) is 0 Å². The minimum absolute atomic E-state index is 0.110. The molecule has 15 aromatic rings. The molecule has 2 aliphatic rings. The predicted octanol–water partition coefficient (Wildman–Crippen LogP) is 22.4. The fourth-order valence-corrected chi connectivity index (χ4v) is 15.3. The second kappa shape index (κ2) is 22.4. The van der Waals surface area contributed by atoms with E-state index in [0.29, 0.717) is 16.8 Å². The molecule has 0 radical (unpaired) electrons. The van der Waals surface area contributed by atoms with Crippen LogP contribution >= 0.6 is 0 Å². The first-order valence-corrected chi connectivity index (χ1v) is 33.7. The maximum atomic E-state index is 11.9. The molecular formula is C91H74BN5. The van der Waals surface area contributed by atoms with Gasteiger partial charge in [0.05, 0.1) is 40.2 Å². The van der Waals surface area contributed by atoms with Gasteiger partial charge in [-0.3, -0.25) is 0 Å². The van der Waals surface area contributed by atoms with E-state index in [1.165, 1.54) is 21.9 Å². The highest BCUT2D eigenvalue weighted by molar-refractivity contribution is 7.00. The van der Waals surface area contributed by atoms with Gasteiger partial charge in [0.1, 0.15) is 6.07 Å². The monoisotopic (exact) mass is 1250 g/mol. The van der Waals surface area contributed by atoms with Gasteiger partial charge in [-0.2, -0.15) is 5.26 Å². The van der Waals surface area contributed by atoms with E-state index in [9.17, 15) is 8.00 Å². The lowest BCUT2D eigenvalue weighted by Gasteiger charge is -2.45. The van der Waals surface area contributed by atoms with Crippen LogP contribution in [0.3, 0.4) is 0 Å². The molecule has 2 aromatic heterocycles. The highest BCUT2D eigenvalue weighted by Crippen LogP contribution is 2.51. The molecule has 0 aliphatic carbocycles. The Hall–Kier alpha value is -11.4. The van der Waals surface area contributed by atoms with Crippen molar-refractivity contribution in [3.63, 3.8) is 0 Å². The minimum Gasteiger partial charge on any atom is -0.311 e. The third-order valence-corrected chi connectivity index (χ3v) is 20.2. The van der Waals surface area contributed by atoms with Gasteiger partial charge in [0.2, 0.25) is 0 Å². The second-order valence-electron chi connectivity index (χ2n) is 29.3. The zero-order valence-electron chi connectivity index (χ0n) is 61.1. The lowest BCUT2D eigenvalue weighted by molar-refractivity contribution is 0.590. The summed E-state index contributed by atoms with van der Waals surface area (Å²) in [7, 11) is 0. The number of para-hydroxylation sites is 1. The number of nitrogens with zero attached hydrogens (tertiary/aromatic N) is 5. The SMILES string of the molecule is [2H]c1c([2H])c([2H])c(-c2ccc3c(c2)N(c2cc(-c4ccccc4)cc(-c4ccccc4)c2)c2cc(C(C)(C)C)cc4c2B3c2ccc(-n3c5ccc(C(C)(C)C)cc5c5cc(C(C)(C)C)ccc53)cc2N4c2cc(-n3c4ccccc4c4c(-c5ccccc5)cccc43)ccc2C#N)c([2H])c1[2H]. The number of anilines is 6. The van der Waals surface area contributed by atoms with Gasteiger partial charge in [-0.25, -0.2) is 0 Å². The number of nitriles is 1. The van der Waals surface area contributed by atoms with E-state index in [-0.39, 0.29) is 28.5 Å². The Labute approximate surface area is 576 Å². The summed E-state index contributed by atoms with van der Waals surface area (Å²) in [6, 6.07) is 92.5. The summed E-state index contributed by atoms with van der Waals surface area (Å²) in [5.74, 6) is 0. The molecule has 0 saturated carbocycles. The van der Waals surface area contributed by atoms with Crippen molar-refractivity contribution in [2.75, 3.05) is 9.80 Å². The molecule has 466 valence electrons. The molecule has 6 heteroatoms. The first kappa shape index (κ1) is 53.9. The molecular weight excluding hydrogens is 1170 g/mol. The minimum atomic E-state index is -0.447. The molecule has 0 unspecified atom stereocenters. The number of benzene rings is 13. The molecule has 5 nitrogen and oxygen atoms in total. The summed E-state index contributed by atoms with van der Waals surface area (Å²) in [6.07, 6.45) is 0. The van der Waals surface area contributed by atoms with E-state index >= 15 is 0 Å².